The molecule has 0 bridgehead atoms. The monoisotopic (exact) mass is 295 g/mol. The predicted octanol–water partition coefficient (Wildman–Crippen LogP) is 4.25. The van der Waals surface area contributed by atoms with Crippen molar-refractivity contribution < 1.29 is 0 Å². The molecule has 0 N–H and O–H groups in total. The summed E-state index contributed by atoms with van der Waals surface area (Å²) >= 11 is 3.66. The Kier molecular flexibility index (Phi) is 4.49. The van der Waals surface area contributed by atoms with E-state index in [1.165, 1.54) is 37.1 Å². The Balaban J connectivity index is 2.10. The van der Waals surface area contributed by atoms with Gasteiger partial charge in [0.15, 0.2) is 0 Å². The summed E-state index contributed by atoms with van der Waals surface area (Å²) in [5.74, 6) is 0.772. The van der Waals surface area contributed by atoms with Crippen molar-refractivity contribution in [2.45, 2.75) is 39.2 Å². The van der Waals surface area contributed by atoms with Crippen molar-refractivity contribution in [3.8, 4) is 0 Å². The molecule has 0 saturated heterocycles. The van der Waals surface area contributed by atoms with E-state index in [0.717, 1.165) is 11.2 Å². The summed E-state index contributed by atoms with van der Waals surface area (Å²) in [6, 6.07) is 9.52. The molecule has 0 fully saturated rings. The van der Waals surface area contributed by atoms with Crippen LogP contribution < -0.4 is 4.90 Å². The van der Waals surface area contributed by atoms with E-state index in [4.69, 9.17) is 0 Å². The highest BCUT2D eigenvalue weighted by Crippen LogP contribution is 2.32. The van der Waals surface area contributed by atoms with Gasteiger partial charge in [0, 0.05) is 23.6 Å². The van der Waals surface area contributed by atoms with Crippen LogP contribution in [0.15, 0.2) is 24.3 Å². The van der Waals surface area contributed by atoms with Crippen molar-refractivity contribution in [1.29, 1.82) is 0 Å². The molecule has 1 aromatic rings. The zero-order valence-electron chi connectivity index (χ0n) is 10.8. The van der Waals surface area contributed by atoms with E-state index in [1.807, 2.05) is 0 Å². The molecule has 0 spiro atoms. The van der Waals surface area contributed by atoms with Crippen LogP contribution in [-0.2, 0) is 6.42 Å². The van der Waals surface area contributed by atoms with Crippen LogP contribution in [0, 0.1) is 5.92 Å². The van der Waals surface area contributed by atoms with Crippen LogP contribution in [0.5, 0.6) is 0 Å². The molecular weight excluding hydrogens is 274 g/mol. The van der Waals surface area contributed by atoms with Gasteiger partial charge < -0.3 is 4.90 Å². The summed E-state index contributed by atoms with van der Waals surface area (Å²) in [6.07, 6.45) is 3.80. The van der Waals surface area contributed by atoms with Crippen molar-refractivity contribution in [3.05, 3.63) is 29.8 Å². The third-order valence-electron chi connectivity index (χ3n) is 3.72. The van der Waals surface area contributed by atoms with Crippen LogP contribution in [0.1, 0.15) is 32.3 Å². The Morgan fingerprint density at radius 2 is 2.18 bits per heavy atom. The Morgan fingerprint density at radius 3 is 2.88 bits per heavy atom. The average molecular weight is 296 g/mol. The first-order valence-corrected chi connectivity index (χ1v) is 7.79. The molecule has 0 aromatic heterocycles. The lowest BCUT2D eigenvalue weighted by Gasteiger charge is -2.29. The van der Waals surface area contributed by atoms with Crippen molar-refractivity contribution >= 4 is 21.6 Å². The number of fused-ring (bicyclic) bond motifs is 1. The minimum Gasteiger partial charge on any atom is -0.368 e. The maximum atomic E-state index is 3.66. The lowest BCUT2D eigenvalue weighted by molar-refractivity contribution is 0.504. The largest absolute Gasteiger partial charge is 0.368 e. The fraction of sp³-hybridized carbons (Fsp3) is 0.600. The minimum atomic E-state index is 0.658. The number of benzene rings is 1. The van der Waals surface area contributed by atoms with Gasteiger partial charge in [0.1, 0.15) is 0 Å². The first kappa shape index (κ1) is 12.9. The van der Waals surface area contributed by atoms with Gasteiger partial charge in [0.05, 0.1) is 0 Å². The van der Waals surface area contributed by atoms with Crippen LogP contribution in [0.2, 0.25) is 0 Å². The molecule has 2 atom stereocenters. The van der Waals surface area contributed by atoms with E-state index < -0.39 is 0 Å². The van der Waals surface area contributed by atoms with E-state index in [1.54, 1.807) is 0 Å². The van der Waals surface area contributed by atoms with Crippen molar-refractivity contribution in [3.63, 3.8) is 0 Å². The summed E-state index contributed by atoms with van der Waals surface area (Å²) in [7, 11) is 0. The van der Waals surface area contributed by atoms with E-state index >= 15 is 0 Å². The van der Waals surface area contributed by atoms with Gasteiger partial charge in [-0.05, 0) is 37.3 Å². The molecule has 2 heteroatoms. The van der Waals surface area contributed by atoms with Crippen molar-refractivity contribution in [2.24, 2.45) is 5.92 Å². The van der Waals surface area contributed by atoms with Crippen LogP contribution in [0.25, 0.3) is 0 Å². The molecule has 2 rings (SSSR count). The van der Waals surface area contributed by atoms with Crippen molar-refractivity contribution in [2.75, 3.05) is 16.8 Å². The van der Waals surface area contributed by atoms with Crippen LogP contribution in [-0.4, -0.2) is 17.9 Å². The first-order chi connectivity index (χ1) is 8.26. The first-order valence-electron chi connectivity index (χ1n) is 6.66. The van der Waals surface area contributed by atoms with E-state index in [9.17, 15) is 0 Å². The summed E-state index contributed by atoms with van der Waals surface area (Å²) in [5, 5.41) is 1.12. The average Bonchev–Trinajstić information content (AvgIpc) is 2.65. The predicted molar refractivity (Wildman–Crippen MR) is 79.1 cm³/mol. The normalized spacial score (nSPS) is 20.4. The minimum absolute atomic E-state index is 0.658. The topological polar surface area (TPSA) is 3.24 Å². The third kappa shape index (κ3) is 2.85. The second-order valence-corrected chi connectivity index (χ2v) is 5.79. The fourth-order valence-corrected chi connectivity index (χ4v) is 3.34. The van der Waals surface area contributed by atoms with Gasteiger partial charge in [0.25, 0.3) is 0 Å². The van der Waals surface area contributed by atoms with Gasteiger partial charge in [-0.3, -0.25) is 0 Å². The van der Waals surface area contributed by atoms with Gasteiger partial charge in [-0.2, -0.15) is 0 Å². The van der Waals surface area contributed by atoms with E-state index in [2.05, 4.69) is 58.9 Å². The quantitative estimate of drug-likeness (QED) is 0.734. The number of hydrogen-bond acceptors (Lipinski definition) is 1. The maximum absolute atomic E-state index is 3.66. The van der Waals surface area contributed by atoms with Crippen LogP contribution in [0.3, 0.4) is 0 Å². The van der Waals surface area contributed by atoms with Crippen LogP contribution in [0.4, 0.5) is 5.69 Å². The molecule has 1 aromatic carbocycles. The Hall–Kier alpha value is -0.500. The molecule has 2 unspecified atom stereocenters. The number of nitrogens with zero attached hydrogens (tertiary/aromatic N) is 1. The lowest BCUT2D eigenvalue weighted by atomic mass is 10.1. The second-order valence-electron chi connectivity index (χ2n) is 5.14. The van der Waals surface area contributed by atoms with E-state index in [-0.39, 0.29) is 0 Å². The molecule has 1 nitrogen and oxygen atoms in total. The highest BCUT2D eigenvalue weighted by atomic mass is 79.9. The Morgan fingerprint density at radius 1 is 1.41 bits per heavy atom. The number of halogens is 1. The second kappa shape index (κ2) is 5.90. The van der Waals surface area contributed by atoms with Crippen molar-refractivity contribution in [1.82, 2.24) is 0 Å². The molecular formula is C15H22BrN. The molecule has 0 aliphatic carbocycles. The fourth-order valence-electron chi connectivity index (χ4n) is 2.81. The highest BCUT2D eigenvalue weighted by Gasteiger charge is 2.26. The molecule has 0 radical (unpaired) electrons. The molecule has 1 heterocycles. The smallest absolute Gasteiger partial charge is 0.0402 e. The zero-order valence-corrected chi connectivity index (χ0v) is 12.4. The number of para-hydroxylation sites is 1. The summed E-state index contributed by atoms with van der Waals surface area (Å²) < 4.78 is 0. The number of hydrogen-bond donors (Lipinski definition) is 0. The van der Waals surface area contributed by atoms with Gasteiger partial charge >= 0.3 is 0 Å². The van der Waals surface area contributed by atoms with E-state index in [0.29, 0.717) is 6.04 Å². The van der Waals surface area contributed by atoms with Gasteiger partial charge in [-0.1, -0.05) is 47.5 Å². The molecule has 1 aliphatic heterocycles. The Labute approximate surface area is 113 Å². The van der Waals surface area contributed by atoms with Gasteiger partial charge in [-0.15, -0.1) is 0 Å². The molecule has 1 aliphatic rings. The third-order valence-corrected chi connectivity index (χ3v) is 4.63. The van der Waals surface area contributed by atoms with Crippen LogP contribution >= 0.6 is 15.9 Å². The molecule has 0 amide bonds. The SMILES string of the molecule is CCCC(CBr)CN1c2ccccc2CC1C. The summed E-state index contributed by atoms with van der Waals surface area (Å²) in [4.78, 5) is 2.59. The van der Waals surface area contributed by atoms with Gasteiger partial charge in [0.2, 0.25) is 0 Å². The highest BCUT2D eigenvalue weighted by molar-refractivity contribution is 9.09. The molecule has 94 valence electrons. The number of rotatable bonds is 5. The standard InChI is InChI=1S/C15H22BrN/c1-3-6-13(10-16)11-17-12(2)9-14-7-4-5-8-15(14)17/h4-5,7-8,12-13H,3,6,9-11H2,1-2H3. The summed E-state index contributed by atoms with van der Waals surface area (Å²) in [5.41, 5.74) is 2.98. The molecule has 17 heavy (non-hydrogen) atoms. The number of anilines is 1. The Bertz CT molecular complexity index is 364. The number of alkyl halides is 1. The zero-order chi connectivity index (χ0) is 12.3. The van der Waals surface area contributed by atoms with Gasteiger partial charge in [-0.25, -0.2) is 0 Å². The lowest BCUT2D eigenvalue weighted by Crippen LogP contribution is -2.34. The maximum Gasteiger partial charge on any atom is 0.0402 e. The summed E-state index contributed by atoms with van der Waals surface area (Å²) in [6.45, 7) is 5.81. The molecule has 0 saturated carbocycles.